The van der Waals surface area contributed by atoms with Crippen molar-refractivity contribution < 1.29 is 22.7 Å². The predicted octanol–water partition coefficient (Wildman–Crippen LogP) is 5.12. The summed E-state index contributed by atoms with van der Waals surface area (Å²) in [5.74, 6) is -1.24. The van der Waals surface area contributed by atoms with E-state index < -0.39 is 12.0 Å². The summed E-state index contributed by atoms with van der Waals surface area (Å²) in [4.78, 5) is 11.6. The van der Waals surface area contributed by atoms with Gasteiger partial charge in [0.25, 0.3) is 5.78 Å². The van der Waals surface area contributed by atoms with Crippen LogP contribution < -0.4 is 4.74 Å². The maximum absolute atomic E-state index is 12.8. The van der Waals surface area contributed by atoms with Gasteiger partial charge in [-0.25, -0.2) is 0 Å². The summed E-state index contributed by atoms with van der Waals surface area (Å²) < 4.78 is 45.5. The zero-order chi connectivity index (χ0) is 18.0. The largest absolute Gasteiger partial charge is 0.492 e. The number of ether oxygens (including phenoxy) is 1. The van der Waals surface area contributed by atoms with Crippen molar-refractivity contribution in [3.8, 4) is 5.75 Å². The maximum Gasteiger partial charge on any atom is 0.454 e. The van der Waals surface area contributed by atoms with Gasteiger partial charge in [0.2, 0.25) is 0 Å². The molecule has 3 rings (SSSR count). The first-order valence-electron chi connectivity index (χ1n) is 7.44. The molecule has 25 heavy (non-hydrogen) atoms. The van der Waals surface area contributed by atoms with Gasteiger partial charge in [0.15, 0.2) is 0 Å². The lowest BCUT2D eigenvalue weighted by Crippen LogP contribution is -2.22. The van der Waals surface area contributed by atoms with Crippen molar-refractivity contribution in [2.45, 2.75) is 12.7 Å². The standard InChI is InChI=1S/C18H13ClF3NO2/c19-12-5-7-13(8-6-12)25-10-9-23-11-15(17(24)18(20,21)22)14-3-1-2-4-16(14)23/h1-8,11H,9-10H2. The average molecular weight is 368 g/mol. The summed E-state index contributed by atoms with van der Waals surface area (Å²) in [6.07, 6.45) is -3.68. The first-order chi connectivity index (χ1) is 11.9. The first kappa shape index (κ1) is 17.4. The molecule has 130 valence electrons. The van der Waals surface area contributed by atoms with E-state index in [-0.39, 0.29) is 17.6 Å². The van der Waals surface area contributed by atoms with Crippen molar-refractivity contribution >= 4 is 28.3 Å². The van der Waals surface area contributed by atoms with Crippen molar-refractivity contribution in [2.24, 2.45) is 0 Å². The van der Waals surface area contributed by atoms with E-state index in [0.29, 0.717) is 22.8 Å². The fourth-order valence-corrected chi connectivity index (χ4v) is 2.68. The van der Waals surface area contributed by atoms with E-state index in [1.165, 1.54) is 12.3 Å². The third-order valence-corrected chi connectivity index (χ3v) is 3.96. The normalized spacial score (nSPS) is 11.7. The number of ketones is 1. The van der Waals surface area contributed by atoms with Crippen LogP contribution in [0.25, 0.3) is 10.9 Å². The third kappa shape index (κ3) is 3.79. The Labute approximate surface area is 146 Å². The van der Waals surface area contributed by atoms with Crippen LogP contribution in [0, 0.1) is 0 Å². The van der Waals surface area contributed by atoms with Gasteiger partial charge in [-0.1, -0.05) is 29.8 Å². The Balaban J connectivity index is 1.82. The predicted molar refractivity (Wildman–Crippen MR) is 89.3 cm³/mol. The Morgan fingerprint density at radius 2 is 1.76 bits per heavy atom. The fourth-order valence-electron chi connectivity index (χ4n) is 2.56. The number of carbonyl (C=O) groups is 1. The van der Waals surface area contributed by atoms with Crippen LogP contribution in [0.5, 0.6) is 5.75 Å². The number of benzene rings is 2. The van der Waals surface area contributed by atoms with Crippen LogP contribution in [0.4, 0.5) is 13.2 Å². The molecule has 7 heteroatoms. The van der Waals surface area contributed by atoms with Crippen LogP contribution in [0.1, 0.15) is 10.4 Å². The molecule has 1 aromatic heterocycles. The second-order valence-electron chi connectivity index (χ2n) is 5.38. The molecule has 0 aliphatic carbocycles. The molecule has 0 amide bonds. The summed E-state index contributed by atoms with van der Waals surface area (Å²) in [6.45, 7) is 0.536. The van der Waals surface area contributed by atoms with Gasteiger partial charge in [-0.2, -0.15) is 13.2 Å². The van der Waals surface area contributed by atoms with Gasteiger partial charge < -0.3 is 9.30 Å². The molecule has 2 aromatic carbocycles. The summed E-state index contributed by atoms with van der Waals surface area (Å²) >= 11 is 5.79. The lowest BCUT2D eigenvalue weighted by Gasteiger charge is -2.08. The van der Waals surface area contributed by atoms with Crippen molar-refractivity contribution in [3.05, 3.63) is 65.3 Å². The van der Waals surface area contributed by atoms with Crippen molar-refractivity contribution in [1.29, 1.82) is 0 Å². The molecule has 3 nitrogen and oxygen atoms in total. The van der Waals surface area contributed by atoms with E-state index >= 15 is 0 Å². The zero-order valence-electron chi connectivity index (χ0n) is 12.9. The van der Waals surface area contributed by atoms with Crippen LogP contribution >= 0.6 is 11.6 Å². The maximum atomic E-state index is 12.8. The Kier molecular flexibility index (Phi) is 4.72. The Hall–Kier alpha value is -2.47. The van der Waals surface area contributed by atoms with E-state index in [2.05, 4.69) is 0 Å². The number of alkyl halides is 3. The molecule has 0 saturated carbocycles. The molecule has 0 bridgehead atoms. The first-order valence-corrected chi connectivity index (χ1v) is 7.82. The monoisotopic (exact) mass is 367 g/mol. The highest BCUT2D eigenvalue weighted by molar-refractivity contribution is 6.30. The van der Waals surface area contributed by atoms with E-state index in [1.54, 1.807) is 47.0 Å². The molecular weight excluding hydrogens is 355 g/mol. The smallest absolute Gasteiger partial charge is 0.454 e. The minimum absolute atomic E-state index is 0.236. The second kappa shape index (κ2) is 6.80. The van der Waals surface area contributed by atoms with Crippen LogP contribution in [0.2, 0.25) is 5.02 Å². The number of para-hydroxylation sites is 1. The molecule has 0 N–H and O–H groups in total. The van der Waals surface area contributed by atoms with E-state index in [9.17, 15) is 18.0 Å². The van der Waals surface area contributed by atoms with E-state index in [1.807, 2.05) is 0 Å². The Morgan fingerprint density at radius 1 is 1.08 bits per heavy atom. The number of fused-ring (bicyclic) bond motifs is 1. The number of hydrogen-bond donors (Lipinski definition) is 0. The molecule has 0 atom stereocenters. The third-order valence-electron chi connectivity index (χ3n) is 3.71. The Morgan fingerprint density at radius 3 is 2.44 bits per heavy atom. The molecule has 3 aromatic rings. The van der Waals surface area contributed by atoms with E-state index in [4.69, 9.17) is 16.3 Å². The van der Waals surface area contributed by atoms with Crippen LogP contribution in [0.15, 0.2) is 54.7 Å². The highest BCUT2D eigenvalue weighted by Crippen LogP contribution is 2.28. The topological polar surface area (TPSA) is 31.2 Å². The lowest BCUT2D eigenvalue weighted by molar-refractivity contribution is -0.0884. The summed E-state index contributed by atoms with van der Waals surface area (Å²) in [5, 5.41) is 0.857. The number of halogens is 4. The highest BCUT2D eigenvalue weighted by Gasteiger charge is 2.40. The van der Waals surface area contributed by atoms with Crippen molar-refractivity contribution in [2.75, 3.05) is 6.61 Å². The van der Waals surface area contributed by atoms with Gasteiger partial charge >= 0.3 is 6.18 Å². The molecule has 0 radical (unpaired) electrons. The number of rotatable bonds is 5. The van der Waals surface area contributed by atoms with Crippen LogP contribution in [0.3, 0.4) is 0 Å². The summed E-state index contributed by atoms with van der Waals surface area (Å²) in [7, 11) is 0. The van der Waals surface area contributed by atoms with Gasteiger partial charge in [-0.15, -0.1) is 0 Å². The number of nitrogens with zero attached hydrogens (tertiary/aromatic N) is 1. The van der Waals surface area contributed by atoms with Crippen molar-refractivity contribution in [3.63, 3.8) is 0 Å². The molecule has 0 aliphatic heterocycles. The quantitative estimate of drug-likeness (QED) is 0.586. The molecule has 0 spiro atoms. The molecule has 0 unspecified atom stereocenters. The number of hydrogen-bond acceptors (Lipinski definition) is 2. The molecular formula is C18H13ClF3NO2. The molecule has 0 fully saturated rings. The molecule has 0 saturated heterocycles. The van der Waals surface area contributed by atoms with Gasteiger partial charge in [-0.3, -0.25) is 4.79 Å². The summed E-state index contributed by atoms with van der Waals surface area (Å²) in [6, 6.07) is 13.3. The lowest BCUT2D eigenvalue weighted by atomic mass is 10.1. The molecule has 1 heterocycles. The van der Waals surface area contributed by atoms with Crippen molar-refractivity contribution in [1.82, 2.24) is 4.57 Å². The molecule has 0 aliphatic rings. The SMILES string of the molecule is O=C(c1cn(CCOc2ccc(Cl)cc2)c2ccccc12)C(F)(F)F. The minimum atomic E-state index is -4.91. The van der Waals surface area contributed by atoms with Gasteiger partial charge in [0.05, 0.1) is 12.1 Å². The van der Waals surface area contributed by atoms with Crippen LogP contribution in [-0.4, -0.2) is 23.1 Å². The van der Waals surface area contributed by atoms with Gasteiger partial charge in [0.1, 0.15) is 12.4 Å². The highest BCUT2D eigenvalue weighted by atomic mass is 35.5. The van der Waals surface area contributed by atoms with E-state index in [0.717, 1.165) is 0 Å². The van der Waals surface area contributed by atoms with Gasteiger partial charge in [-0.05, 0) is 30.3 Å². The number of Topliss-reactive ketones (excluding diaryl/α,β-unsaturated/α-hetero) is 1. The van der Waals surface area contributed by atoms with Gasteiger partial charge in [0, 0.05) is 22.1 Å². The van der Waals surface area contributed by atoms with Crippen LogP contribution in [-0.2, 0) is 6.54 Å². The average Bonchev–Trinajstić information content (AvgIpc) is 2.94. The Bertz CT molecular complexity index is 901. The second-order valence-corrected chi connectivity index (χ2v) is 5.82. The summed E-state index contributed by atoms with van der Waals surface area (Å²) in [5.41, 5.74) is 0.199. The number of carbonyl (C=O) groups excluding carboxylic acids is 1. The fraction of sp³-hybridized carbons (Fsp3) is 0.167. The number of aromatic nitrogens is 1. The zero-order valence-corrected chi connectivity index (χ0v) is 13.6. The minimum Gasteiger partial charge on any atom is -0.492 e.